The minimum Gasteiger partial charge on any atom is -0.377 e. The normalized spacial score (nSPS) is 18.8. The average Bonchev–Trinajstić information content (AvgIpc) is 2.93. The zero-order valence-electron chi connectivity index (χ0n) is 11.8. The highest BCUT2D eigenvalue weighted by Gasteiger charge is 2.31. The molecular formula is C16H17ClN2O2. The first-order valence-electron chi connectivity index (χ1n) is 6.93. The summed E-state index contributed by atoms with van der Waals surface area (Å²) in [5.41, 5.74) is 1.61. The zero-order chi connectivity index (χ0) is 14.8. The van der Waals surface area contributed by atoms with Crippen molar-refractivity contribution in [1.82, 2.24) is 9.47 Å². The van der Waals surface area contributed by atoms with Gasteiger partial charge in [-0.2, -0.15) is 0 Å². The summed E-state index contributed by atoms with van der Waals surface area (Å²) >= 11 is 6.16. The number of benzene rings is 1. The summed E-state index contributed by atoms with van der Waals surface area (Å²) in [7, 11) is 1.97. The number of carbonyl (C=O) groups excluding carboxylic acids is 1. The fraction of sp³-hybridized carbons (Fsp3) is 0.312. The molecule has 0 spiro atoms. The van der Waals surface area contributed by atoms with Crippen molar-refractivity contribution >= 4 is 17.5 Å². The van der Waals surface area contributed by atoms with Crippen molar-refractivity contribution in [1.29, 1.82) is 0 Å². The molecule has 1 fully saturated rings. The Kier molecular flexibility index (Phi) is 3.99. The van der Waals surface area contributed by atoms with E-state index in [1.807, 2.05) is 47.0 Å². The van der Waals surface area contributed by atoms with Crippen LogP contribution in [-0.2, 0) is 11.8 Å². The molecule has 1 aliphatic rings. The highest BCUT2D eigenvalue weighted by Crippen LogP contribution is 2.27. The van der Waals surface area contributed by atoms with E-state index in [9.17, 15) is 4.79 Å². The van der Waals surface area contributed by atoms with E-state index in [4.69, 9.17) is 16.3 Å². The summed E-state index contributed by atoms with van der Waals surface area (Å²) < 4.78 is 7.59. The van der Waals surface area contributed by atoms with E-state index in [0.29, 0.717) is 30.3 Å². The molecule has 1 saturated heterocycles. The second kappa shape index (κ2) is 5.92. The summed E-state index contributed by atoms with van der Waals surface area (Å²) in [4.78, 5) is 14.7. The lowest BCUT2D eigenvalue weighted by Crippen LogP contribution is -2.44. The molecule has 0 saturated carbocycles. The van der Waals surface area contributed by atoms with Gasteiger partial charge in [0.05, 0.1) is 29.8 Å². The maximum absolute atomic E-state index is 12.8. The third kappa shape index (κ3) is 2.69. The molecule has 0 radical (unpaired) electrons. The van der Waals surface area contributed by atoms with Gasteiger partial charge in [-0.25, -0.2) is 0 Å². The van der Waals surface area contributed by atoms with Crippen LogP contribution in [0.3, 0.4) is 0 Å². The van der Waals surface area contributed by atoms with Crippen molar-refractivity contribution in [2.24, 2.45) is 7.05 Å². The van der Waals surface area contributed by atoms with Crippen LogP contribution < -0.4 is 0 Å². The van der Waals surface area contributed by atoms with Gasteiger partial charge in [0.25, 0.3) is 5.91 Å². The Hall–Kier alpha value is -1.78. The Bertz CT molecular complexity index is 653. The molecule has 1 aromatic heterocycles. The summed E-state index contributed by atoms with van der Waals surface area (Å²) in [5.74, 6) is -0.0462. The van der Waals surface area contributed by atoms with Gasteiger partial charge >= 0.3 is 0 Å². The first kappa shape index (κ1) is 14.2. The number of aryl methyl sites for hydroxylation is 1. The van der Waals surface area contributed by atoms with Crippen molar-refractivity contribution in [2.75, 3.05) is 19.8 Å². The van der Waals surface area contributed by atoms with Crippen molar-refractivity contribution < 1.29 is 9.53 Å². The first-order chi connectivity index (χ1) is 10.2. The molecule has 0 aliphatic carbocycles. The van der Waals surface area contributed by atoms with Gasteiger partial charge in [0.15, 0.2) is 0 Å². The monoisotopic (exact) mass is 304 g/mol. The number of nitrogens with zero attached hydrogens (tertiary/aromatic N) is 2. The average molecular weight is 305 g/mol. The molecule has 2 aromatic rings. The number of carbonyl (C=O) groups is 1. The van der Waals surface area contributed by atoms with Crippen LogP contribution in [0.1, 0.15) is 22.1 Å². The minimum absolute atomic E-state index is 0.0462. The maximum atomic E-state index is 12.8. The van der Waals surface area contributed by atoms with E-state index in [1.165, 1.54) is 0 Å². The Morgan fingerprint density at radius 2 is 2.10 bits per heavy atom. The van der Waals surface area contributed by atoms with Crippen LogP contribution in [0.5, 0.6) is 0 Å². The molecule has 1 atom stereocenters. The number of hydrogen-bond donors (Lipinski definition) is 0. The van der Waals surface area contributed by atoms with Crippen LogP contribution in [0.25, 0.3) is 0 Å². The number of halogens is 1. The highest BCUT2D eigenvalue weighted by molar-refractivity contribution is 6.33. The zero-order valence-corrected chi connectivity index (χ0v) is 12.6. The van der Waals surface area contributed by atoms with Crippen molar-refractivity contribution in [3.05, 3.63) is 58.9 Å². The maximum Gasteiger partial charge on any atom is 0.256 e. The summed E-state index contributed by atoms with van der Waals surface area (Å²) in [5, 5.41) is 0.486. The van der Waals surface area contributed by atoms with Gasteiger partial charge in [-0.05, 0) is 24.3 Å². The molecule has 0 bridgehead atoms. The molecule has 5 heteroatoms. The standard InChI is InChI=1S/C16H17ClN2O2/c1-18-8-4-7-14(18)15-11-21-10-9-19(15)16(20)12-5-2-3-6-13(12)17/h2-8,15H,9-11H2,1H3/t15-/m0/s1. The largest absolute Gasteiger partial charge is 0.377 e. The fourth-order valence-corrected chi connectivity index (χ4v) is 2.92. The van der Waals surface area contributed by atoms with Crippen LogP contribution >= 0.6 is 11.6 Å². The van der Waals surface area contributed by atoms with Crippen LogP contribution in [0, 0.1) is 0 Å². The van der Waals surface area contributed by atoms with Crippen LogP contribution in [-0.4, -0.2) is 35.1 Å². The number of morpholine rings is 1. The third-order valence-electron chi connectivity index (χ3n) is 3.82. The molecule has 3 rings (SSSR count). The predicted molar refractivity (Wildman–Crippen MR) is 81.5 cm³/mol. The minimum atomic E-state index is -0.0810. The smallest absolute Gasteiger partial charge is 0.256 e. The summed E-state index contributed by atoms with van der Waals surface area (Å²) in [6.45, 7) is 1.63. The molecule has 1 aliphatic heterocycles. The number of aromatic nitrogens is 1. The molecule has 21 heavy (non-hydrogen) atoms. The second-order valence-corrected chi connectivity index (χ2v) is 5.52. The quantitative estimate of drug-likeness (QED) is 0.855. The number of ether oxygens (including phenoxy) is 1. The number of rotatable bonds is 2. The van der Waals surface area contributed by atoms with Gasteiger partial charge in [-0.1, -0.05) is 23.7 Å². The molecule has 2 heterocycles. The van der Waals surface area contributed by atoms with Crippen LogP contribution in [0.4, 0.5) is 0 Å². The van der Waals surface area contributed by atoms with Crippen molar-refractivity contribution in [3.63, 3.8) is 0 Å². The number of hydrogen-bond acceptors (Lipinski definition) is 2. The third-order valence-corrected chi connectivity index (χ3v) is 4.15. The van der Waals surface area contributed by atoms with E-state index in [0.717, 1.165) is 5.69 Å². The topological polar surface area (TPSA) is 34.5 Å². The van der Waals surface area contributed by atoms with E-state index < -0.39 is 0 Å². The van der Waals surface area contributed by atoms with Crippen molar-refractivity contribution in [2.45, 2.75) is 6.04 Å². The Labute approximate surface area is 128 Å². The lowest BCUT2D eigenvalue weighted by molar-refractivity contribution is -0.00462. The van der Waals surface area contributed by atoms with Crippen LogP contribution in [0.15, 0.2) is 42.6 Å². The molecular weight excluding hydrogens is 288 g/mol. The van der Waals surface area contributed by atoms with Crippen molar-refractivity contribution in [3.8, 4) is 0 Å². The van der Waals surface area contributed by atoms with Gasteiger partial charge in [-0.3, -0.25) is 4.79 Å². The molecule has 4 nitrogen and oxygen atoms in total. The Morgan fingerprint density at radius 3 is 2.81 bits per heavy atom. The molecule has 0 unspecified atom stereocenters. The molecule has 0 N–H and O–H groups in total. The predicted octanol–water partition coefficient (Wildman–Crippen LogP) is 2.89. The lowest BCUT2D eigenvalue weighted by Gasteiger charge is -2.36. The van der Waals surface area contributed by atoms with Gasteiger partial charge in [0.2, 0.25) is 0 Å². The Balaban J connectivity index is 1.93. The SMILES string of the molecule is Cn1cccc1[C@@H]1COCCN1C(=O)c1ccccc1Cl. The first-order valence-corrected chi connectivity index (χ1v) is 7.31. The van der Waals surface area contributed by atoms with Gasteiger partial charge in [-0.15, -0.1) is 0 Å². The lowest BCUT2D eigenvalue weighted by atomic mass is 10.1. The van der Waals surface area contributed by atoms with Gasteiger partial charge in [0, 0.05) is 25.5 Å². The fourth-order valence-electron chi connectivity index (χ4n) is 2.70. The Morgan fingerprint density at radius 1 is 1.29 bits per heavy atom. The van der Waals surface area contributed by atoms with Gasteiger partial charge < -0.3 is 14.2 Å². The molecule has 1 aromatic carbocycles. The highest BCUT2D eigenvalue weighted by atomic mass is 35.5. The van der Waals surface area contributed by atoms with E-state index >= 15 is 0 Å². The van der Waals surface area contributed by atoms with E-state index in [1.54, 1.807) is 12.1 Å². The van der Waals surface area contributed by atoms with Crippen LogP contribution in [0.2, 0.25) is 5.02 Å². The molecule has 1 amide bonds. The van der Waals surface area contributed by atoms with E-state index in [2.05, 4.69) is 0 Å². The second-order valence-electron chi connectivity index (χ2n) is 5.11. The molecule has 110 valence electrons. The van der Waals surface area contributed by atoms with E-state index in [-0.39, 0.29) is 11.9 Å². The summed E-state index contributed by atoms with van der Waals surface area (Å²) in [6, 6.07) is 11.1. The number of amides is 1. The summed E-state index contributed by atoms with van der Waals surface area (Å²) in [6.07, 6.45) is 1.97. The van der Waals surface area contributed by atoms with Gasteiger partial charge in [0.1, 0.15) is 0 Å².